The summed E-state index contributed by atoms with van der Waals surface area (Å²) in [4.78, 5) is 8.99. The fraction of sp³-hybridized carbons (Fsp3) is 0.524. The first-order valence-corrected chi connectivity index (χ1v) is 10.5. The average molecular weight is 441 g/mol. The Morgan fingerprint density at radius 2 is 2.00 bits per heavy atom. The molecule has 1 aliphatic carbocycles. The van der Waals surface area contributed by atoms with Gasteiger partial charge in [0.05, 0.1) is 27.4 Å². The molecule has 9 heteroatoms. The van der Waals surface area contributed by atoms with Crippen molar-refractivity contribution in [1.29, 1.82) is 0 Å². The number of thiazole rings is 1. The SMILES string of the molecule is C=C(NCC(C)(C)O)c1nc(C)c(-c2cnc(NCC3(C)CC3)cc2C(F)(F)F)s1. The van der Waals surface area contributed by atoms with Crippen LogP contribution in [0.15, 0.2) is 18.8 Å². The third-order valence-electron chi connectivity index (χ3n) is 5.04. The molecule has 0 unspecified atom stereocenters. The van der Waals surface area contributed by atoms with Gasteiger partial charge in [-0.3, -0.25) is 0 Å². The molecule has 0 atom stereocenters. The van der Waals surface area contributed by atoms with Crippen molar-refractivity contribution in [3.05, 3.63) is 35.1 Å². The van der Waals surface area contributed by atoms with Crippen molar-refractivity contribution in [2.75, 3.05) is 18.4 Å². The van der Waals surface area contributed by atoms with E-state index in [-0.39, 0.29) is 23.3 Å². The van der Waals surface area contributed by atoms with Crippen LogP contribution in [-0.4, -0.2) is 33.8 Å². The molecule has 0 aromatic carbocycles. The first-order chi connectivity index (χ1) is 13.8. The van der Waals surface area contributed by atoms with E-state index in [0.29, 0.717) is 27.8 Å². The minimum absolute atomic E-state index is 0.00206. The van der Waals surface area contributed by atoms with Gasteiger partial charge in [0.2, 0.25) is 0 Å². The maximum atomic E-state index is 13.8. The number of pyridine rings is 1. The van der Waals surface area contributed by atoms with Crippen LogP contribution in [0.2, 0.25) is 0 Å². The number of hydrogen-bond acceptors (Lipinski definition) is 6. The topological polar surface area (TPSA) is 70.1 Å². The number of rotatable bonds is 8. The van der Waals surface area contributed by atoms with Crippen molar-refractivity contribution in [1.82, 2.24) is 15.3 Å². The Morgan fingerprint density at radius 3 is 2.57 bits per heavy atom. The van der Waals surface area contributed by atoms with Crippen molar-refractivity contribution in [2.45, 2.75) is 52.3 Å². The first-order valence-electron chi connectivity index (χ1n) is 9.72. The molecule has 2 aromatic rings. The van der Waals surface area contributed by atoms with E-state index in [2.05, 4.69) is 34.1 Å². The molecule has 2 heterocycles. The van der Waals surface area contributed by atoms with E-state index >= 15 is 0 Å². The molecule has 1 fully saturated rings. The lowest BCUT2D eigenvalue weighted by molar-refractivity contribution is -0.137. The number of hydrogen-bond donors (Lipinski definition) is 3. The van der Waals surface area contributed by atoms with Crippen LogP contribution >= 0.6 is 11.3 Å². The van der Waals surface area contributed by atoms with Gasteiger partial charge in [-0.15, -0.1) is 11.3 Å². The van der Waals surface area contributed by atoms with Crippen LogP contribution in [0, 0.1) is 12.3 Å². The molecule has 30 heavy (non-hydrogen) atoms. The van der Waals surface area contributed by atoms with Crippen LogP contribution in [-0.2, 0) is 6.18 Å². The van der Waals surface area contributed by atoms with Gasteiger partial charge < -0.3 is 15.7 Å². The van der Waals surface area contributed by atoms with Gasteiger partial charge in [-0.25, -0.2) is 9.97 Å². The Bertz CT molecular complexity index is 943. The van der Waals surface area contributed by atoms with Gasteiger partial charge in [-0.2, -0.15) is 13.2 Å². The van der Waals surface area contributed by atoms with E-state index in [1.54, 1.807) is 20.8 Å². The molecule has 1 aliphatic rings. The Kier molecular flexibility index (Phi) is 5.90. The largest absolute Gasteiger partial charge is 0.417 e. The maximum absolute atomic E-state index is 13.8. The quantitative estimate of drug-likeness (QED) is 0.534. The van der Waals surface area contributed by atoms with Crippen LogP contribution in [0.3, 0.4) is 0 Å². The lowest BCUT2D eigenvalue weighted by Crippen LogP contribution is -2.33. The van der Waals surface area contributed by atoms with Crippen molar-refractivity contribution in [3.8, 4) is 10.4 Å². The molecule has 0 bridgehead atoms. The van der Waals surface area contributed by atoms with Gasteiger partial charge in [0.1, 0.15) is 10.8 Å². The first kappa shape index (κ1) is 22.6. The van der Waals surface area contributed by atoms with Crippen LogP contribution < -0.4 is 10.6 Å². The lowest BCUT2D eigenvalue weighted by atomic mass is 10.1. The Balaban J connectivity index is 1.88. The van der Waals surface area contributed by atoms with Crippen LogP contribution in [0.4, 0.5) is 19.0 Å². The summed E-state index contributed by atoms with van der Waals surface area (Å²) in [6.45, 7) is 11.8. The molecule has 0 spiro atoms. The van der Waals surface area contributed by atoms with Crippen LogP contribution in [0.25, 0.3) is 16.1 Å². The highest BCUT2D eigenvalue weighted by Gasteiger charge is 2.38. The molecule has 2 aromatic heterocycles. The number of aromatic nitrogens is 2. The summed E-state index contributed by atoms with van der Waals surface area (Å²) in [6.07, 6.45) is -1.13. The highest BCUT2D eigenvalue weighted by atomic mass is 32.1. The van der Waals surface area contributed by atoms with E-state index in [0.717, 1.165) is 30.2 Å². The smallest absolute Gasteiger partial charge is 0.389 e. The zero-order valence-corrected chi connectivity index (χ0v) is 18.4. The number of aliphatic hydroxyl groups is 1. The molecule has 5 nitrogen and oxygen atoms in total. The molecule has 3 N–H and O–H groups in total. The summed E-state index contributed by atoms with van der Waals surface area (Å²) in [5.41, 5.74) is -0.616. The molecular weight excluding hydrogens is 413 g/mol. The monoisotopic (exact) mass is 440 g/mol. The fourth-order valence-corrected chi connectivity index (χ4v) is 3.87. The van der Waals surface area contributed by atoms with E-state index in [1.807, 2.05) is 0 Å². The van der Waals surface area contributed by atoms with E-state index in [4.69, 9.17) is 0 Å². The predicted molar refractivity (Wildman–Crippen MR) is 114 cm³/mol. The van der Waals surface area contributed by atoms with Crippen molar-refractivity contribution >= 4 is 22.9 Å². The minimum atomic E-state index is -4.52. The fourth-order valence-electron chi connectivity index (χ4n) is 2.84. The second kappa shape index (κ2) is 7.85. The van der Waals surface area contributed by atoms with Crippen molar-refractivity contribution < 1.29 is 18.3 Å². The van der Waals surface area contributed by atoms with E-state index < -0.39 is 17.3 Å². The van der Waals surface area contributed by atoms with Crippen LogP contribution in [0.5, 0.6) is 0 Å². The van der Waals surface area contributed by atoms with Crippen LogP contribution in [0.1, 0.15) is 49.9 Å². The standard InChI is InChI=1S/C21H27F3N4OS/c1-12-17(30-18(28-12)13(2)26-10-19(3,4)29)14-9-25-16(8-15(14)21(22,23)24)27-11-20(5)6-7-20/h8-9,26,29H,2,6-7,10-11H2,1,3-5H3,(H,25,27). The molecule has 164 valence electrons. The van der Waals surface area contributed by atoms with Gasteiger partial charge in [-0.05, 0) is 45.1 Å². The summed E-state index contributed by atoms with van der Waals surface area (Å²) < 4.78 is 41.5. The highest BCUT2D eigenvalue weighted by Crippen LogP contribution is 2.45. The summed E-state index contributed by atoms with van der Waals surface area (Å²) in [5.74, 6) is 0.220. The lowest BCUT2D eigenvalue weighted by Gasteiger charge is -2.18. The normalized spacial score (nSPS) is 15.7. The van der Waals surface area contributed by atoms with Crippen molar-refractivity contribution in [3.63, 3.8) is 0 Å². The molecular formula is C21H27F3N4OS. The summed E-state index contributed by atoms with van der Waals surface area (Å²) >= 11 is 1.12. The van der Waals surface area contributed by atoms with Gasteiger partial charge in [0.25, 0.3) is 0 Å². The van der Waals surface area contributed by atoms with Crippen molar-refractivity contribution in [2.24, 2.45) is 5.41 Å². The zero-order valence-electron chi connectivity index (χ0n) is 17.6. The summed E-state index contributed by atoms with van der Waals surface area (Å²) in [7, 11) is 0. The molecule has 0 saturated heterocycles. The number of alkyl halides is 3. The minimum Gasteiger partial charge on any atom is -0.389 e. The third kappa shape index (κ3) is 5.51. The second-order valence-corrected chi connectivity index (χ2v) is 9.85. The van der Waals surface area contributed by atoms with Gasteiger partial charge >= 0.3 is 6.18 Å². The molecule has 0 aliphatic heterocycles. The summed E-state index contributed by atoms with van der Waals surface area (Å²) in [5, 5.41) is 16.3. The van der Waals surface area contributed by atoms with E-state index in [9.17, 15) is 18.3 Å². The number of nitrogens with one attached hydrogen (secondary N) is 2. The molecule has 3 rings (SSSR count). The highest BCUT2D eigenvalue weighted by molar-refractivity contribution is 7.16. The Morgan fingerprint density at radius 1 is 1.33 bits per heavy atom. The predicted octanol–water partition coefficient (Wildman–Crippen LogP) is 5.08. The van der Waals surface area contributed by atoms with Gasteiger partial charge in [0.15, 0.2) is 0 Å². The molecule has 0 radical (unpaired) electrons. The average Bonchev–Trinajstić information content (AvgIpc) is 3.25. The molecule has 1 saturated carbocycles. The van der Waals surface area contributed by atoms with Gasteiger partial charge in [-0.1, -0.05) is 13.5 Å². The maximum Gasteiger partial charge on any atom is 0.417 e. The van der Waals surface area contributed by atoms with Gasteiger partial charge in [0, 0.05) is 24.8 Å². The second-order valence-electron chi connectivity index (χ2n) is 8.86. The number of nitrogens with zero attached hydrogens (tertiary/aromatic N) is 2. The number of halogens is 3. The third-order valence-corrected chi connectivity index (χ3v) is 6.29. The molecule has 0 amide bonds. The Labute approximate surface area is 178 Å². The number of aryl methyl sites for hydroxylation is 1. The zero-order chi connectivity index (χ0) is 22.3. The Hall–Kier alpha value is -2.13. The van der Waals surface area contributed by atoms with E-state index in [1.165, 1.54) is 6.20 Å². The summed E-state index contributed by atoms with van der Waals surface area (Å²) in [6, 6.07) is 1.07. The number of anilines is 1.